The SMILES string of the molecule is CC.CCOC(=O)c1cnc(C)n1-c1ccc(F)cc1. The Morgan fingerprint density at radius 1 is 1.30 bits per heavy atom. The molecule has 0 N–H and O–H groups in total. The first-order chi connectivity index (χ1) is 9.63. The highest BCUT2D eigenvalue weighted by atomic mass is 19.1. The van der Waals surface area contributed by atoms with Crippen molar-refractivity contribution in [1.29, 1.82) is 0 Å². The van der Waals surface area contributed by atoms with Crippen molar-refractivity contribution in [3.05, 3.63) is 47.8 Å². The van der Waals surface area contributed by atoms with Crippen molar-refractivity contribution < 1.29 is 13.9 Å². The molecule has 2 aromatic rings. The zero-order chi connectivity index (χ0) is 15.1. The van der Waals surface area contributed by atoms with Crippen LogP contribution >= 0.6 is 0 Å². The van der Waals surface area contributed by atoms with E-state index in [1.165, 1.54) is 18.3 Å². The van der Waals surface area contributed by atoms with Crippen LogP contribution in [0.2, 0.25) is 0 Å². The molecule has 0 saturated heterocycles. The van der Waals surface area contributed by atoms with E-state index in [1.807, 2.05) is 13.8 Å². The molecule has 0 fully saturated rings. The Morgan fingerprint density at radius 2 is 1.90 bits per heavy atom. The number of carbonyl (C=O) groups excluding carboxylic acids is 1. The van der Waals surface area contributed by atoms with E-state index < -0.39 is 5.97 Å². The summed E-state index contributed by atoms with van der Waals surface area (Å²) in [6.45, 7) is 7.81. The van der Waals surface area contributed by atoms with Gasteiger partial charge >= 0.3 is 5.97 Å². The minimum absolute atomic E-state index is 0.298. The fourth-order valence-electron chi connectivity index (χ4n) is 1.71. The van der Waals surface area contributed by atoms with Crippen LogP contribution in [0.3, 0.4) is 0 Å². The number of benzene rings is 1. The van der Waals surface area contributed by atoms with Crippen molar-refractivity contribution in [2.24, 2.45) is 0 Å². The zero-order valence-electron chi connectivity index (χ0n) is 12.2. The van der Waals surface area contributed by atoms with E-state index in [0.717, 1.165) is 0 Å². The zero-order valence-corrected chi connectivity index (χ0v) is 12.2. The average Bonchev–Trinajstić information content (AvgIpc) is 2.84. The third-order valence-electron chi connectivity index (χ3n) is 2.51. The van der Waals surface area contributed by atoms with Gasteiger partial charge in [-0.05, 0) is 38.1 Å². The lowest BCUT2D eigenvalue weighted by molar-refractivity contribution is 0.0516. The van der Waals surface area contributed by atoms with Crippen molar-refractivity contribution in [2.75, 3.05) is 6.61 Å². The molecular formula is C15H19FN2O2. The highest BCUT2D eigenvalue weighted by Gasteiger charge is 2.16. The second kappa shape index (κ2) is 7.43. The molecule has 0 bridgehead atoms. The minimum atomic E-state index is -0.442. The van der Waals surface area contributed by atoms with Gasteiger partial charge in [0.15, 0.2) is 5.69 Å². The summed E-state index contributed by atoms with van der Waals surface area (Å²) < 4.78 is 19.5. The number of rotatable bonds is 3. The monoisotopic (exact) mass is 278 g/mol. The van der Waals surface area contributed by atoms with Crippen LogP contribution in [-0.4, -0.2) is 22.1 Å². The quantitative estimate of drug-likeness (QED) is 0.807. The Labute approximate surface area is 118 Å². The fraction of sp³-hybridized carbons (Fsp3) is 0.333. The lowest BCUT2D eigenvalue weighted by atomic mass is 10.3. The first-order valence-electron chi connectivity index (χ1n) is 6.61. The van der Waals surface area contributed by atoms with Gasteiger partial charge in [0.05, 0.1) is 12.8 Å². The number of esters is 1. The van der Waals surface area contributed by atoms with Crippen LogP contribution in [-0.2, 0) is 4.74 Å². The first-order valence-corrected chi connectivity index (χ1v) is 6.61. The summed E-state index contributed by atoms with van der Waals surface area (Å²) in [5.74, 6) is -0.124. The molecule has 0 aliphatic carbocycles. The molecule has 0 atom stereocenters. The third-order valence-corrected chi connectivity index (χ3v) is 2.51. The number of hydrogen-bond acceptors (Lipinski definition) is 3. The summed E-state index contributed by atoms with van der Waals surface area (Å²) in [5.41, 5.74) is 1.01. The highest BCUT2D eigenvalue weighted by Crippen LogP contribution is 2.16. The molecule has 0 aliphatic rings. The van der Waals surface area contributed by atoms with Crippen LogP contribution < -0.4 is 0 Å². The lowest BCUT2D eigenvalue weighted by Gasteiger charge is -2.09. The summed E-state index contributed by atoms with van der Waals surface area (Å²) in [5, 5.41) is 0. The number of nitrogens with zero attached hydrogens (tertiary/aromatic N) is 2. The molecule has 0 spiro atoms. The Balaban J connectivity index is 0.000000956. The van der Waals surface area contributed by atoms with Gasteiger partial charge in [0, 0.05) is 5.69 Å². The molecule has 0 amide bonds. The molecule has 0 unspecified atom stereocenters. The normalized spacial score (nSPS) is 9.65. The standard InChI is InChI=1S/C13H13FN2O2.C2H6/c1-3-18-13(17)12-8-15-9(2)16(12)11-6-4-10(14)5-7-11;1-2/h4-8H,3H2,1-2H3;1-2H3. The summed E-state index contributed by atoms with van der Waals surface area (Å²) in [6, 6.07) is 5.85. The molecule has 2 rings (SSSR count). The van der Waals surface area contributed by atoms with Crippen molar-refractivity contribution in [2.45, 2.75) is 27.7 Å². The molecule has 0 radical (unpaired) electrons. The van der Waals surface area contributed by atoms with E-state index >= 15 is 0 Å². The Bertz CT molecular complexity index is 562. The molecule has 5 heteroatoms. The van der Waals surface area contributed by atoms with E-state index in [-0.39, 0.29) is 5.82 Å². The van der Waals surface area contributed by atoms with Gasteiger partial charge in [-0.2, -0.15) is 0 Å². The summed E-state index contributed by atoms with van der Waals surface area (Å²) in [4.78, 5) is 15.8. The van der Waals surface area contributed by atoms with E-state index in [9.17, 15) is 9.18 Å². The first kappa shape index (κ1) is 15.9. The Morgan fingerprint density at radius 3 is 2.45 bits per heavy atom. The van der Waals surface area contributed by atoms with Gasteiger partial charge in [-0.1, -0.05) is 13.8 Å². The van der Waals surface area contributed by atoms with Gasteiger partial charge in [0.25, 0.3) is 0 Å². The van der Waals surface area contributed by atoms with Gasteiger partial charge in [-0.15, -0.1) is 0 Å². The van der Waals surface area contributed by atoms with Gasteiger partial charge < -0.3 is 4.74 Å². The summed E-state index contributed by atoms with van der Waals surface area (Å²) in [6.07, 6.45) is 1.46. The summed E-state index contributed by atoms with van der Waals surface area (Å²) in [7, 11) is 0. The molecule has 1 aromatic heterocycles. The second-order valence-electron chi connectivity index (χ2n) is 3.72. The molecule has 0 saturated carbocycles. The predicted octanol–water partition coefficient (Wildman–Crippen LogP) is 3.52. The third kappa shape index (κ3) is 3.44. The number of halogens is 1. The van der Waals surface area contributed by atoms with Crippen LogP contribution in [0.25, 0.3) is 5.69 Å². The largest absolute Gasteiger partial charge is 0.461 e. The molecule has 0 aliphatic heterocycles. The van der Waals surface area contributed by atoms with Gasteiger partial charge in [-0.25, -0.2) is 14.2 Å². The molecule has 1 aromatic carbocycles. The minimum Gasteiger partial charge on any atom is -0.461 e. The average molecular weight is 278 g/mol. The highest BCUT2D eigenvalue weighted by molar-refractivity contribution is 5.88. The number of imidazole rings is 1. The maximum Gasteiger partial charge on any atom is 0.356 e. The Kier molecular flexibility index (Phi) is 5.90. The van der Waals surface area contributed by atoms with Crippen LogP contribution in [0.15, 0.2) is 30.5 Å². The number of aryl methyl sites for hydroxylation is 1. The van der Waals surface area contributed by atoms with Crippen molar-refractivity contribution in [3.8, 4) is 5.69 Å². The van der Waals surface area contributed by atoms with Crippen LogP contribution in [0.5, 0.6) is 0 Å². The van der Waals surface area contributed by atoms with Crippen molar-refractivity contribution in [3.63, 3.8) is 0 Å². The van der Waals surface area contributed by atoms with Crippen LogP contribution in [0.4, 0.5) is 4.39 Å². The Hall–Kier alpha value is -2.17. The second-order valence-corrected chi connectivity index (χ2v) is 3.72. The summed E-state index contributed by atoms with van der Waals surface area (Å²) >= 11 is 0. The van der Waals surface area contributed by atoms with E-state index in [2.05, 4.69) is 4.98 Å². The topological polar surface area (TPSA) is 44.1 Å². The molecule has 4 nitrogen and oxygen atoms in total. The maximum absolute atomic E-state index is 12.9. The van der Waals surface area contributed by atoms with E-state index in [0.29, 0.717) is 23.8 Å². The van der Waals surface area contributed by atoms with E-state index in [1.54, 1.807) is 30.5 Å². The van der Waals surface area contributed by atoms with Crippen LogP contribution in [0.1, 0.15) is 37.1 Å². The van der Waals surface area contributed by atoms with Crippen molar-refractivity contribution in [1.82, 2.24) is 9.55 Å². The number of aromatic nitrogens is 2. The maximum atomic E-state index is 12.9. The number of hydrogen-bond donors (Lipinski definition) is 0. The van der Waals surface area contributed by atoms with Crippen molar-refractivity contribution >= 4 is 5.97 Å². The van der Waals surface area contributed by atoms with Gasteiger partial charge in [0.1, 0.15) is 11.6 Å². The van der Waals surface area contributed by atoms with E-state index in [4.69, 9.17) is 4.74 Å². The lowest BCUT2D eigenvalue weighted by Crippen LogP contribution is -2.11. The van der Waals surface area contributed by atoms with Gasteiger partial charge in [-0.3, -0.25) is 4.57 Å². The van der Waals surface area contributed by atoms with Gasteiger partial charge in [0.2, 0.25) is 0 Å². The number of ether oxygens (including phenoxy) is 1. The predicted molar refractivity (Wildman–Crippen MR) is 75.6 cm³/mol. The molecule has 1 heterocycles. The fourth-order valence-corrected chi connectivity index (χ4v) is 1.71. The molecule has 108 valence electrons. The molecular weight excluding hydrogens is 259 g/mol. The van der Waals surface area contributed by atoms with Crippen LogP contribution in [0, 0.1) is 12.7 Å². The molecule has 20 heavy (non-hydrogen) atoms. The smallest absolute Gasteiger partial charge is 0.356 e. The number of carbonyl (C=O) groups is 1.